The Hall–Kier alpha value is -1.17. The topological polar surface area (TPSA) is 38.9 Å². The van der Waals surface area contributed by atoms with Crippen LogP contribution in [0.1, 0.15) is 0 Å². The molecule has 18 heavy (non-hydrogen) atoms. The van der Waals surface area contributed by atoms with E-state index in [9.17, 15) is 0 Å². The predicted molar refractivity (Wildman–Crippen MR) is 82.2 cm³/mol. The van der Waals surface area contributed by atoms with Gasteiger partial charge in [0.25, 0.3) is 0 Å². The Morgan fingerprint density at radius 2 is 1.72 bits per heavy atom. The summed E-state index contributed by atoms with van der Waals surface area (Å²) in [6, 6.07) is 16.1. The van der Waals surface area contributed by atoms with Gasteiger partial charge in [0.1, 0.15) is 0 Å². The van der Waals surface area contributed by atoms with E-state index < -0.39 is 0 Å². The maximum Gasteiger partial charge on any atom is 0.162 e. The molecular formula is C13H10N2S3. The summed E-state index contributed by atoms with van der Waals surface area (Å²) in [7, 11) is 3.31. The van der Waals surface area contributed by atoms with Crippen molar-refractivity contribution in [1.82, 2.24) is 4.98 Å². The van der Waals surface area contributed by atoms with Crippen molar-refractivity contribution in [3.05, 3.63) is 48.5 Å². The molecule has 3 rings (SSSR count). The maximum atomic E-state index is 5.91. The normalized spacial score (nSPS) is 10.9. The van der Waals surface area contributed by atoms with Gasteiger partial charge >= 0.3 is 0 Å². The molecular weight excluding hydrogens is 280 g/mol. The van der Waals surface area contributed by atoms with Crippen LogP contribution in [0.3, 0.4) is 0 Å². The average Bonchev–Trinajstić information content (AvgIpc) is 2.80. The number of rotatable bonds is 3. The number of benzene rings is 2. The first-order valence-electron chi connectivity index (χ1n) is 5.37. The summed E-state index contributed by atoms with van der Waals surface area (Å²) < 4.78 is 2.28. The minimum atomic E-state index is 0.816. The summed E-state index contributed by atoms with van der Waals surface area (Å²) >= 11 is 1.71. The molecule has 0 atom stereocenters. The van der Waals surface area contributed by atoms with E-state index in [1.165, 1.54) is 4.70 Å². The summed E-state index contributed by atoms with van der Waals surface area (Å²) in [4.78, 5) is 5.66. The fourth-order valence-corrected chi connectivity index (χ4v) is 4.88. The highest BCUT2D eigenvalue weighted by Gasteiger charge is 2.06. The quantitative estimate of drug-likeness (QED) is 0.561. The van der Waals surface area contributed by atoms with E-state index in [-0.39, 0.29) is 0 Å². The van der Waals surface area contributed by atoms with Gasteiger partial charge in [0, 0.05) is 10.6 Å². The third-order valence-electron chi connectivity index (χ3n) is 2.40. The number of aromatic nitrogens is 1. The number of nitrogens with two attached hydrogens (primary N) is 1. The molecule has 0 aliphatic heterocycles. The monoisotopic (exact) mass is 290 g/mol. The van der Waals surface area contributed by atoms with E-state index in [4.69, 9.17) is 5.73 Å². The average molecular weight is 290 g/mol. The molecule has 0 bridgehead atoms. The molecule has 0 aliphatic rings. The van der Waals surface area contributed by atoms with E-state index in [1.807, 2.05) is 42.5 Å². The number of nitrogen functional groups attached to an aromatic ring is 1. The number of anilines is 1. The van der Waals surface area contributed by atoms with Crippen LogP contribution in [0.15, 0.2) is 57.8 Å². The Balaban J connectivity index is 1.79. The molecule has 5 heteroatoms. The molecule has 0 saturated heterocycles. The summed E-state index contributed by atoms with van der Waals surface area (Å²) in [5.41, 5.74) is 7.79. The lowest BCUT2D eigenvalue weighted by Gasteiger charge is -2.01. The van der Waals surface area contributed by atoms with E-state index in [0.717, 1.165) is 20.4 Å². The number of fused-ring (bicyclic) bond motifs is 1. The van der Waals surface area contributed by atoms with Crippen LogP contribution in [0.25, 0.3) is 10.2 Å². The summed E-state index contributed by atoms with van der Waals surface area (Å²) in [5, 5.41) is 0. The Kier molecular flexibility index (Phi) is 3.45. The molecule has 1 aromatic heterocycles. The van der Waals surface area contributed by atoms with Gasteiger partial charge in [0.15, 0.2) is 4.34 Å². The van der Waals surface area contributed by atoms with Gasteiger partial charge in [-0.2, -0.15) is 0 Å². The first-order valence-corrected chi connectivity index (χ1v) is 8.34. The minimum Gasteiger partial charge on any atom is -0.398 e. The molecule has 0 radical (unpaired) electrons. The van der Waals surface area contributed by atoms with E-state index in [2.05, 4.69) is 11.1 Å². The summed E-state index contributed by atoms with van der Waals surface area (Å²) in [5.74, 6) is 0. The number of para-hydroxylation sites is 2. The lowest BCUT2D eigenvalue weighted by atomic mass is 10.3. The molecule has 0 spiro atoms. The molecule has 0 unspecified atom stereocenters. The van der Waals surface area contributed by atoms with Crippen molar-refractivity contribution in [2.24, 2.45) is 0 Å². The van der Waals surface area contributed by atoms with Gasteiger partial charge in [0.2, 0.25) is 0 Å². The molecule has 2 aromatic carbocycles. The van der Waals surface area contributed by atoms with Gasteiger partial charge in [0.05, 0.1) is 10.2 Å². The molecule has 0 amide bonds. The summed E-state index contributed by atoms with van der Waals surface area (Å²) in [6.07, 6.45) is 0. The van der Waals surface area contributed by atoms with Crippen molar-refractivity contribution >= 4 is 48.8 Å². The fourth-order valence-electron chi connectivity index (χ4n) is 1.52. The standard InChI is InChI=1S/C13H10N2S3/c14-9-5-1-3-7-11(9)17-18-13-15-10-6-2-4-8-12(10)16-13/h1-8H,14H2. The Morgan fingerprint density at radius 3 is 2.56 bits per heavy atom. The molecule has 0 saturated carbocycles. The van der Waals surface area contributed by atoms with Crippen molar-refractivity contribution in [2.75, 3.05) is 5.73 Å². The second-order valence-corrected chi connectivity index (χ2v) is 7.10. The summed E-state index contributed by atoms with van der Waals surface area (Å²) in [6.45, 7) is 0. The van der Waals surface area contributed by atoms with Crippen LogP contribution in [0.4, 0.5) is 5.69 Å². The third-order valence-corrected chi connectivity index (χ3v) is 6.17. The Morgan fingerprint density at radius 1 is 0.944 bits per heavy atom. The third kappa shape index (κ3) is 2.48. The van der Waals surface area contributed by atoms with Crippen LogP contribution in [0, 0.1) is 0 Å². The van der Waals surface area contributed by atoms with E-state index in [1.54, 1.807) is 32.9 Å². The van der Waals surface area contributed by atoms with Gasteiger partial charge < -0.3 is 5.73 Å². The molecule has 1 heterocycles. The first kappa shape index (κ1) is 11.9. The van der Waals surface area contributed by atoms with Crippen LogP contribution < -0.4 is 5.73 Å². The van der Waals surface area contributed by atoms with E-state index in [0.29, 0.717) is 0 Å². The number of thiazole rings is 1. The minimum absolute atomic E-state index is 0.816. The van der Waals surface area contributed by atoms with Crippen molar-refractivity contribution in [1.29, 1.82) is 0 Å². The highest BCUT2D eigenvalue weighted by atomic mass is 33.1. The number of hydrogen-bond donors (Lipinski definition) is 1. The van der Waals surface area contributed by atoms with Crippen molar-refractivity contribution in [3.63, 3.8) is 0 Å². The van der Waals surface area contributed by atoms with Gasteiger partial charge in [-0.15, -0.1) is 11.3 Å². The van der Waals surface area contributed by atoms with Gasteiger partial charge in [-0.1, -0.05) is 24.3 Å². The van der Waals surface area contributed by atoms with Gasteiger partial charge in [-0.3, -0.25) is 0 Å². The number of hydrogen-bond acceptors (Lipinski definition) is 5. The van der Waals surface area contributed by atoms with Crippen molar-refractivity contribution in [2.45, 2.75) is 9.24 Å². The van der Waals surface area contributed by atoms with E-state index >= 15 is 0 Å². The maximum absolute atomic E-state index is 5.91. The lowest BCUT2D eigenvalue weighted by molar-refractivity contribution is 1.31. The Bertz CT molecular complexity index is 646. The molecule has 2 N–H and O–H groups in total. The SMILES string of the molecule is Nc1ccccc1SSc1nc2ccccc2s1. The van der Waals surface area contributed by atoms with Crippen molar-refractivity contribution in [3.8, 4) is 0 Å². The first-order chi connectivity index (χ1) is 8.83. The predicted octanol–water partition coefficient (Wildman–Crippen LogP) is 4.68. The second-order valence-electron chi connectivity index (χ2n) is 3.65. The van der Waals surface area contributed by atoms with Crippen molar-refractivity contribution < 1.29 is 0 Å². The zero-order valence-electron chi connectivity index (χ0n) is 9.37. The molecule has 3 aromatic rings. The number of nitrogens with zero attached hydrogens (tertiary/aromatic N) is 1. The van der Waals surface area contributed by atoms with Crippen LogP contribution in [0.2, 0.25) is 0 Å². The van der Waals surface area contributed by atoms with Crippen LogP contribution in [0.5, 0.6) is 0 Å². The smallest absolute Gasteiger partial charge is 0.162 e. The highest BCUT2D eigenvalue weighted by Crippen LogP contribution is 2.42. The second kappa shape index (κ2) is 5.22. The fraction of sp³-hybridized carbons (Fsp3) is 0. The van der Waals surface area contributed by atoms with Crippen LogP contribution in [-0.2, 0) is 0 Å². The zero-order chi connectivity index (χ0) is 12.4. The van der Waals surface area contributed by atoms with Gasteiger partial charge in [-0.25, -0.2) is 4.98 Å². The van der Waals surface area contributed by atoms with Crippen LogP contribution >= 0.6 is 32.9 Å². The molecule has 2 nitrogen and oxygen atoms in total. The largest absolute Gasteiger partial charge is 0.398 e. The van der Waals surface area contributed by atoms with Gasteiger partial charge in [-0.05, 0) is 45.9 Å². The lowest BCUT2D eigenvalue weighted by Crippen LogP contribution is -1.85. The molecule has 90 valence electrons. The highest BCUT2D eigenvalue weighted by molar-refractivity contribution is 8.77. The molecule has 0 fully saturated rings. The zero-order valence-corrected chi connectivity index (χ0v) is 11.8. The Labute approximate surface area is 117 Å². The molecule has 0 aliphatic carbocycles. The van der Waals surface area contributed by atoms with Crippen LogP contribution in [-0.4, -0.2) is 4.98 Å².